The van der Waals surface area contributed by atoms with Gasteiger partial charge < -0.3 is 34.5 Å². The van der Waals surface area contributed by atoms with Crippen LogP contribution in [-0.2, 0) is 31.2 Å². The van der Waals surface area contributed by atoms with Gasteiger partial charge in [-0.15, -0.1) is 0 Å². The Morgan fingerprint density at radius 2 is 0.720 bits per heavy atom. The number of amides is 1. The van der Waals surface area contributed by atoms with Crippen LogP contribution in [0, 0.1) is 85.6 Å². The van der Waals surface area contributed by atoms with Crippen molar-refractivity contribution in [1.29, 1.82) is 5.26 Å². The Bertz CT molecular complexity index is 4620. The molecule has 0 bridgehead atoms. The van der Waals surface area contributed by atoms with E-state index in [1.807, 2.05) is 0 Å². The van der Waals surface area contributed by atoms with Gasteiger partial charge in [-0.3, -0.25) is 22.4 Å². The number of carboxylic acids is 1. The van der Waals surface area contributed by atoms with Crippen LogP contribution < -0.4 is 24.7 Å². The Morgan fingerprint density at radius 1 is 0.441 bits per heavy atom. The number of imidazole rings is 4. The number of hydrogen-bond acceptors (Lipinski definition) is 13. The quantitative estimate of drug-likeness (QED) is 0.0676. The average Bonchev–Trinajstić information content (AvgIpc) is 1.68. The smallest absolute Gasteiger partial charge is 0.357 e. The summed E-state index contributed by atoms with van der Waals surface area (Å²) in [5.41, 5.74) is 8.87. The molecule has 19 nitrogen and oxygen atoms in total. The zero-order valence-corrected chi connectivity index (χ0v) is 49.7. The highest BCUT2D eigenvalue weighted by molar-refractivity contribution is 5.93. The fourth-order valence-electron chi connectivity index (χ4n) is 9.49. The van der Waals surface area contributed by atoms with Gasteiger partial charge in [0, 0.05) is 24.8 Å². The Morgan fingerprint density at radius 3 is 1.03 bits per heavy atom. The summed E-state index contributed by atoms with van der Waals surface area (Å²) >= 11 is 0. The third-order valence-corrected chi connectivity index (χ3v) is 13.9. The van der Waals surface area contributed by atoms with Crippen LogP contribution in [0.15, 0.2) is 146 Å². The van der Waals surface area contributed by atoms with Crippen molar-refractivity contribution in [3.05, 3.63) is 260 Å². The van der Waals surface area contributed by atoms with Crippen LogP contribution in [0.25, 0.3) is 22.6 Å². The first-order chi connectivity index (χ1) is 44.6. The number of benzene rings is 4. The lowest BCUT2D eigenvalue weighted by Crippen LogP contribution is -2.15. The number of carbonyl (C=O) groups excluding carboxylic acids is 2. The number of carboxylic acid groups (broad SMARTS) is 1. The Kier molecular flexibility index (Phi) is 20.3. The van der Waals surface area contributed by atoms with Crippen molar-refractivity contribution < 1.29 is 78.3 Å². The van der Waals surface area contributed by atoms with Crippen LogP contribution in [0.2, 0.25) is 0 Å². The van der Waals surface area contributed by atoms with E-state index in [4.69, 9.17) is 34.7 Å². The maximum absolute atomic E-state index is 13.7. The van der Waals surface area contributed by atoms with Crippen LogP contribution in [-0.4, -0.2) is 67.1 Å². The van der Waals surface area contributed by atoms with Gasteiger partial charge in [0.05, 0.1) is 51.6 Å². The van der Waals surface area contributed by atoms with Gasteiger partial charge in [0.1, 0.15) is 90.4 Å². The van der Waals surface area contributed by atoms with E-state index >= 15 is 0 Å². The molecule has 0 aliphatic carbocycles. The molecule has 0 saturated heterocycles. The normalized spacial score (nSPS) is 10.8. The second-order valence-corrected chi connectivity index (χ2v) is 19.9. The monoisotopic (exact) mass is 1280 g/mol. The maximum atomic E-state index is 13.7. The van der Waals surface area contributed by atoms with Gasteiger partial charge in [-0.25, -0.2) is 64.6 Å². The first kappa shape index (κ1) is 65.6. The molecule has 0 unspecified atom stereocenters. The first-order valence-corrected chi connectivity index (χ1v) is 27.9. The summed E-state index contributed by atoms with van der Waals surface area (Å²) in [6.45, 7) is 7.39. The van der Waals surface area contributed by atoms with E-state index < -0.39 is 64.4 Å². The summed E-state index contributed by atoms with van der Waals surface area (Å²) < 4.78 is 142. The highest BCUT2D eigenvalue weighted by Gasteiger charge is 2.23. The summed E-state index contributed by atoms with van der Waals surface area (Å²) in [6.07, 6.45) is 6.49. The zero-order chi connectivity index (χ0) is 66.8. The molecule has 27 heteroatoms. The number of carbonyl (C=O) groups is 3. The molecule has 0 aliphatic rings. The minimum Gasteiger partial charge on any atom is -0.485 e. The van der Waals surface area contributed by atoms with Crippen molar-refractivity contribution in [2.45, 2.75) is 61.0 Å². The lowest BCUT2D eigenvalue weighted by molar-refractivity contribution is 0.0516. The largest absolute Gasteiger partial charge is 0.485 e. The summed E-state index contributed by atoms with van der Waals surface area (Å²) in [6, 6.07) is 29.5. The van der Waals surface area contributed by atoms with Gasteiger partial charge in [0.25, 0.3) is 5.91 Å². The zero-order valence-electron chi connectivity index (χ0n) is 49.7. The molecular weight excluding hydrogens is 1230 g/mol. The number of aromatic nitrogens is 8. The van der Waals surface area contributed by atoms with Crippen molar-refractivity contribution in [2.24, 2.45) is 5.73 Å². The van der Waals surface area contributed by atoms with E-state index in [-0.39, 0.29) is 78.1 Å². The lowest BCUT2D eigenvalue weighted by atomic mass is 10.2. The Labute approximate surface area is 522 Å². The van der Waals surface area contributed by atoms with Gasteiger partial charge in [-0.2, -0.15) is 5.26 Å². The molecule has 476 valence electrons. The highest BCUT2D eigenvalue weighted by Crippen LogP contribution is 2.29. The molecular formula is C66H52F8N10O9. The fourth-order valence-corrected chi connectivity index (χ4v) is 9.49. The second-order valence-electron chi connectivity index (χ2n) is 19.9. The molecule has 93 heavy (non-hydrogen) atoms. The fraction of sp³-hybridized carbons (Fsp3) is 0.152. The van der Waals surface area contributed by atoms with E-state index in [1.165, 1.54) is 63.5 Å². The van der Waals surface area contributed by atoms with Crippen molar-refractivity contribution >= 4 is 40.4 Å². The Hall–Kier alpha value is -11.8. The molecule has 0 atom stereocenters. The van der Waals surface area contributed by atoms with E-state index in [0.29, 0.717) is 68.4 Å². The minimum absolute atomic E-state index is 0.0162. The Balaban J connectivity index is 0.000000146. The number of esters is 1. The molecule has 3 N–H and O–H groups in total. The molecule has 4 aromatic carbocycles. The van der Waals surface area contributed by atoms with Crippen LogP contribution in [0.4, 0.5) is 35.1 Å². The lowest BCUT2D eigenvalue weighted by Gasteiger charge is -2.09. The third kappa shape index (κ3) is 14.3. The van der Waals surface area contributed by atoms with Gasteiger partial charge in [0.15, 0.2) is 57.0 Å². The standard InChI is InChI=1S/C18H16F2N2O3.C16H13F2N3O2.C16H11F2N3O.C16H12F2N2O3/c1-3-24-18(23)16-11(2)21-17-15(8-5-9-22(16)17)25-10-12-13(19)6-4-7-14(12)20;1-9-14(15(19)22)21-7-3-6-13(16(21)20-9)23-8-10-11(17)4-2-5-12(10)18;1-10-14(8-19)21-7-3-6-15(16(21)20-10)22-9-11-12(17)4-2-5-13(11)18;1-9-14(16(21)22)20-7-3-6-13(15(20)19-9)23-8-10-11(17)4-2-5-12(10)18/h4-9H,3,10H2,1-2H3;2-7H,8H2,1H3,(H2,19,22);2-7H,9H2,1H3;2-7H,8H2,1H3,(H,21,22). The molecule has 8 heterocycles. The SMILES string of the molecule is CCOC(=O)c1c(C)nc2c(OCc3c(F)cccc3F)cccn12.Cc1nc2c(OCc3c(F)cccc3F)cccn2c1C#N.Cc1nc2c(OCc3c(F)cccc3F)cccn2c1C(=O)O.Cc1nc2c(OCc3c(F)cccc3F)cccn2c1C(N)=O. The predicted octanol–water partition coefficient (Wildman–Crippen LogP) is 12.8. The number of hydrogen-bond donors (Lipinski definition) is 2. The van der Waals surface area contributed by atoms with E-state index in [9.17, 15) is 54.6 Å². The van der Waals surface area contributed by atoms with Crippen molar-refractivity contribution in [1.82, 2.24) is 37.5 Å². The third-order valence-electron chi connectivity index (χ3n) is 13.9. The number of ether oxygens (including phenoxy) is 5. The van der Waals surface area contributed by atoms with Crippen LogP contribution in [0.3, 0.4) is 0 Å². The van der Waals surface area contributed by atoms with Crippen molar-refractivity contribution in [3.8, 4) is 29.1 Å². The number of primary amides is 1. The summed E-state index contributed by atoms with van der Waals surface area (Å²) in [7, 11) is 0. The van der Waals surface area contributed by atoms with Crippen molar-refractivity contribution in [3.63, 3.8) is 0 Å². The number of aromatic carboxylic acids is 1. The molecule has 1 amide bonds. The molecule has 0 radical (unpaired) electrons. The highest BCUT2D eigenvalue weighted by atomic mass is 19.2. The number of nitrogens with zero attached hydrogens (tertiary/aromatic N) is 9. The van der Waals surface area contributed by atoms with E-state index in [0.717, 1.165) is 24.3 Å². The number of nitrogens with two attached hydrogens (primary N) is 1. The second kappa shape index (κ2) is 28.8. The number of rotatable bonds is 16. The molecule has 0 saturated carbocycles. The first-order valence-electron chi connectivity index (χ1n) is 27.9. The summed E-state index contributed by atoms with van der Waals surface area (Å²) in [4.78, 5) is 51.9. The molecule has 12 aromatic rings. The average molecular weight is 1280 g/mol. The summed E-state index contributed by atoms with van der Waals surface area (Å²) in [5, 5.41) is 18.3. The molecule has 12 rings (SSSR count). The van der Waals surface area contributed by atoms with E-state index in [2.05, 4.69) is 26.0 Å². The molecule has 0 fully saturated rings. The topological polar surface area (TPSA) is 237 Å². The maximum Gasteiger partial charge on any atom is 0.357 e. The van der Waals surface area contributed by atoms with Crippen molar-refractivity contribution in [2.75, 3.05) is 6.61 Å². The predicted molar refractivity (Wildman–Crippen MR) is 319 cm³/mol. The van der Waals surface area contributed by atoms with E-state index in [1.54, 1.807) is 111 Å². The van der Waals surface area contributed by atoms with Gasteiger partial charge in [-0.05, 0) is 132 Å². The van der Waals surface area contributed by atoms with Crippen LogP contribution >= 0.6 is 0 Å². The van der Waals surface area contributed by atoms with Crippen LogP contribution in [0.1, 0.15) is 89.1 Å². The minimum atomic E-state index is -1.12. The molecule has 8 aromatic heterocycles. The number of pyridine rings is 4. The summed E-state index contributed by atoms with van der Waals surface area (Å²) in [5.74, 6) is -6.50. The number of fused-ring (bicyclic) bond motifs is 4. The number of halogens is 8. The van der Waals surface area contributed by atoms with Gasteiger partial charge in [-0.1, -0.05) is 24.3 Å². The number of aryl methyl sites for hydroxylation is 4. The van der Waals surface area contributed by atoms with Crippen LogP contribution in [0.5, 0.6) is 23.0 Å². The molecule has 0 aliphatic heterocycles. The number of nitriles is 1. The molecule has 0 spiro atoms. The van der Waals surface area contributed by atoms with Gasteiger partial charge in [0.2, 0.25) is 0 Å². The van der Waals surface area contributed by atoms with Gasteiger partial charge >= 0.3 is 11.9 Å².